The number of alkyl halides is 1. The van der Waals surface area contributed by atoms with E-state index in [0.29, 0.717) is 16.8 Å². The van der Waals surface area contributed by atoms with Crippen molar-refractivity contribution in [3.8, 4) is 0 Å². The molecule has 0 aliphatic heterocycles. The van der Waals surface area contributed by atoms with Crippen molar-refractivity contribution in [1.82, 2.24) is 5.32 Å². The number of rotatable bonds is 3. The molecule has 1 unspecified atom stereocenters. The van der Waals surface area contributed by atoms with E-state index >= 15 is 0 Å². The van der Waals surface area contributed by atoms with Crippen LogP contribution < -0.4 is 16.4 Å². The Morgan fingerprint density at radius 3 is 2.46 bits per heavy atom. The number of halogens is 2. The smallest absolute Gasteiger partial charge is 0.317 e. The molecular weight excluding hydrogens is 401 g/mol. The monoisotopic (exact) mass is 415 g/mol. The predicted molar refractivity (Wildman–Crippen MR) is 104 cm³/mol. The topological polar surface area (TPSA) is 125 Å². The van der Waals surface area contributed by atoms with E-state index in [1.165, 1.54) is 19.1 Å². The van der Waals surface area contributed by atoms with Crippen molar-refractivity contribution >= 4 is 63.6 Å². The Morgan fingerprint density at radius 1 is 1.27 bits per heavy atom. The Kier molecular flexibility index (Phi) is 5.74. The summed E-state index contributed by atoms with van der Waals surface area (Å²) in [5, 5.41) is 25.0. The Hall–Kier alpha value is -1.97. The van der Waals surface area contributed by atoms with E-state index in [2.05, 4.69) is 10.6 Å². The number of amides is 3. The predicted octanol–water partition coefficient (Wildman–Crippen LogP) is 1.82. The average Bonchev–Trinajstić information content (AvgIpc) is 2.52. The molecule has 2 rings (SSSR count). The second-order valence-electron chi connectivity index (χ2n) is 5.52. The van der Waals surface area contributed by atoms with Gasteiger partial charge in [0.1, 0.15) is 4.99 Å². The molecule has 0 fully saturated rings. The zero-order valence-corrected chi connectivity index (χ0v) is 15.7. The maximum atomic E-state index is 11.4. The summed E-state index contributed by atoms with van der Waals surface area (Å²) in [5.74, 6) is -3.09. The molecule has 1 aromatic carbocycles. The van der Waals surface area contributed by atoms with Crippen molar-refractivity contribution in [1.29, 1.82) is 0 Å². The van der Waals surface area contributed by atoms with Crippen LogP contribution in [-0.4, -0.2) is 37.8 Å². The van der Waals surface area contributed by atoms with E-state index in [4.69, 9.17) is 41.2 Å². The summed E-state index contributed by atoms with van der Waals surface area (Å²) in [6.45, 7) is 1.35. The number of nitrogens with one attached hydrogen (secondary N) is 2. The SMILES string of the molecule is CC(=O)Nc1ccccc1C1=CC(Cl)(C(=S)NC(N)=O)C(O)(O)C(Cl)=C1. The quantitative estimate of drug-likeness (QED) is 0.292. The number of carbonyl (C=O) groups excluding carboxylic acids is 2. The van der Waals surface area contributed by atoms with Gasteiger partial charge in [-0.15, -0.1) is 11.6 Å². The zero-order valence-electron chi connectivity index (χ0n) is 13.4. The van der Waals surface area contributed by atoms with Crippen LogP contribution in [0.25, 0.3) is 5.57 Å². The van der Waals surface area contributed by atoms with Gasteiger partial charge in [-0.05, 0) is 23.8 Å². The average molecular weight is 416 g/mol. The summed E-state index contributed by atoms with van der Waals surface area (Å²) < 4.78 is 0. The summed E-state index contributed by atoms with van der Waals surface area (Å²) in [5.41, 5.74) is 6.33. The molecule has 1 atom stereocenters. The van der Waals surface area contributed by atoms with Gasteiger partial charge < -0.3 is 26.6 Å². The van der Waals surface area contributed by atoms with Crippen molar-refractivity contribution in [2.75, 3.05) is 5.32 Å². The molecule has 0 heterocycles. The molecule has 1 aliphatic rings. The molecule has 7 nitrogen and oxygen atoms in total. The molecule has 10 heteroatoms. The highest BCUT2D eigenvalue weighted by Crippen LogP contribution is 2.45. The van der Waals surface area contributed by atoms with E-state index in [1.54, 1.807) is 24.3 Å². The molecule has 138 valence electrons. The van der Waals surface area contributed by atoms with Crippen molar-refractivity contribution in [2.24, 2.45) is 5.73 Å². The van der Waals surface area contributed by atoms with Crippen molar-refractivity contribution in [3.05, 3.63) is 47.0 Å². The lowest BCUT2D eigenvalue weighted by molar-refractivity contribution is -0.127. The van der Waals surface area contributed by atoms with Gasteiger partial charge in [0.2, 0.25) is 11.7 Å². The van der Waals surface area contributed by atoms with Crippen LogP contribution in [-0.2, 0) is 4.79 Å². The van der Waals surface area contributed by atoms with Gasteiger partial charge in [0.25, 0.3) is 0 Å². The van der Waals surface area contributed by atoms with Crippen molar-refractivity contribution in [3.63, 3.8) is 0 Å². The van der Waals surface area contributed by atoms with Crippen LogP contribution in [0.1, 0.15) is 12.5 Å². The third-order valence-corrected chi connectivity index (χ3v) is 5.06. The van der Waals surface area contributed by atoms with Crippen LogP contribution in [0.3, 0.4) is 0 Å². The second-order valence-corrected chi connectivity index (χ2v) is 6.93. The highest BCUT2D eigenvalue weighted by molar-refractivity contribution is 7.80. The first-order chi connectivity index (χ1) is 12.0. The number of urea groups is 1. The lowest BCUT2D eigenvalue weighted by Gasteiger charge is -2.39. The Bertz CT molecular complexity index is 854. The number of carbonyl (C=O) groups is 2. The fourth-order valence-electron chi connectivity index (χ4n) is 2.38. The fraction of sp³-hybridized carbons (Fsp3) is 0.188. The first-order valence-corrected chi connectivity index (χ1v) is 8.37. The molecule has 26 heavy (non-hydrogen) atoms. The van der Waals surface area contributed by atoms with E-state index < -0.39 is 26.7 Å². The van der Waals surface area contributed by atoms with E-state index in [-0.39, 0.29) is 5.91 Å². The van der Waals surface area contributed by atoms with Gasteiger partial charge in [-0.25, -0.2) is 4.79 Å². The fourth-order valence-corrected chi connectivity index (χ4v) is 3.27. The number of para-hydroxylation sites is 1. The Morgan fingerprint density at radius 2 is 1.88 bits per heavy atom. The molecule has 3 amide bonds. The number of allylic oxidation sites excluding steroid dienone is 2. The maximum Gasteiger partial charge on any atom is 0.317 e. The standard InChI is InChI=1S/C16H15Cl2N3O4S/c1-8(22)20-11-5-3-2-4-10(11)9-6-12(17)16(24,25)15(18,7-9)13(26)21-14(19)23/h2-7,24-25H,1H3,(H,20,22)(H3,19,21,23,26). The minimum atomic E-state index is -2.79. The van der Waals surface area contributed by atoms with Crippen LogP contribution in [0.4, 0.5) is 10.5 Å². The molecule has 0 spiro atoms. The third kappa shape index (κ3) is 3.74. The van der Waals surface area contributed by atoms with Gasteiger partial charge in [-0.3, -0.25) is 4.79 Å². The van der Waals surface area contributed by atoms with Crippen LogP contribution in [0.2, 0.25) is 0 Å². The molecule has 0 radical (unpaired) electrons. The number of primary amides is 1. The molecule has 0 saturated carbocycles. The van der Waals surface area contributed by atoms with Crippen LogP contribution >= 0.6 is 35.4 Å². The van der Waals surface area contributed by atoms with E-state index in [1.807, 2.05) is 0 Å². The summed E-state index contributed by atoms with van der Waals surface area (Å²) in [7, 11) is 0. The van der Waals surface area contributed by atoms with Crippen LogP contribution in [0.5, 0.6) is 0 Å². The summed E-state index contributed by atoms with van der Waals surface area (Å²) in [6.07, 6.45) is 2.50. The summed E-state index contributed by atoms with van der Waals surface area (Å²) in [6, 6.07) is 5.71. The third-order valence-electron chi connectivity index (χ3n) is 3.59. The molecule has 0 saturated heterocycles. The van der Waals surface area contributed by atoms with E-state index in [9.17, 15) is 19.8 Å². The number of hydrogen-bond donors (Lipinski definition) is 5. The van der Waals surface area contributed by atoms with Gasteiger partial charge in [0.05, 0.1) is 5.03 Å². The lowest BCUT2D eigenvalue weighted by atomic mass is 9.86. The first kappa shape index (κ1) is 20.3. The number of aliphatic hydroxyl groups is 2. The van der Waals surface area contributed by atoms with Crippen LogP contribution in [0, 0.1) is 0 Å². The summed E-state index contributed by atoms with van der Waals surface area (Å²) in [4.78, 5) is 19.9. The molecule has 6 N–H and O–H groups in total. The van der Waals surface area contributed by atoms with Gasteiger partial charge in [-0.1, -0.05) is 42.0 Å². The number of thiocarbonyl (C=S) groups is 1. The van der Waals surface area contributed by atoms with Gasteiger partial charge in [0.15, 0.2) is 4.87 Å². The first-order valence-electron chi connectivity index (χ1n) is 7.21. The minimum Gasteiger partial charge on any atom is -0.359 e. The van der Waals surface area contributed by atoms with E-state index in [0.717, 1.165) is 0 Å². The lowest BCUT2D eigenvalue weighted by Crippen LogP contribution is -2.60. The number of anilines is 1. The summed E-state index contributed by atoms with van der Waals surface area (Å²) >= 11 is 17.4. The molecule has 1 aromatic rings. The zero-order chi connectivity index (χ0) is 19.7. The normalized spacial score (nSPS) is 21.3. The number of hydrogen-bond acceptors (Lipinski definition) is 5. The van der Waals surface area contributed by atoms with Gasteiger partial charge in [0, 0.05) is 18.2 Å². The van der Waals surface area contributed by atoms with Crippen LogP contribution in [0.15, 0.2) is 41.4 Å². The molecule has 1 aliphatic carbocycles. The largest absolute Gasteiger partial charge is 0.359 e. The second kappa shape index (κ2) is 7.34. The Labute approximate surface area is 164 Å². The van der Waals surface area contributed by atoms with Gasteiger partial charge in [-0.2, -0.15) is 0 Å². The van der Waals surface area contributed by atoms with Gasteiger partial charge >= 0.3 is 6.03 Å². The highest BCUT2D eigenvalue weighted by atomic mass is 35.5. The van der Waals surface area contributed by atoms with Crippen molar-refractivity contribution < 1.29 is 19.8 Å². The minimum absolute atomic E-state index is 0.300. The maximum absolute atomic E-state index is 11.4. The number of nitrogens with two attached hydrogens (primary N) is 1. The van der Waals surface area contributed by atoms with Crippen molar-refractivity contribution in [2.45, 2.75) is 17.6 Å². The Balaban J connectivity index is 2.62. The molecule has 0 bridgehead atoms. The molecule has 0 aromatic heterocycles. The number of benzene rings is 1. The highest BCUT2D eigenvalue weighted by Gasteiger charge is 2.55. The molecular formula is C16H15Cl2N3O4S.